The molecule has 140 valence electrons. The maximum Gasteiger partial charge on any atom is 0.410 e. The van der Waals surface area contributed by atoms with E-state index in [0.29, 0.717) is 31.7 Å². The molecular formula is C18H30N4O3. The molecular weight excluding hydrogens is 320 g/mol. The number of nitrogens with one attached hydrogen (secondary N) is 1. The predicted octanol–water partition coefficient (Wildman–Crippen LogP) is 2.96. The van der Waals surface area contributed by atoms with Gasteiger partial charge < -0.3 is 14.5 Å². The number of ether oxygens (including phenoxy) is 1. The number of amides is 2. The van der Waals surface area contributed by atoms with E-state index in [-0.39, 0.29) is 17.5 Å². The second kappa shape index (κ2) is 6.69. The molecule has 1 aliphatic rings. The van der Waals surface area contributed by atoms with Crippen LogP contribution in [0.5, 0.6) is 0 Å². The van der Waals surface area contributed by atoms with Crippen LogP contribution in [-0.4, -0.2) is 56.2 Å². The average molecular weight is 350 g/mol. The van der Waals surface area contributed by atoms with E-state index < -0.39 is 5.60 Å². The molecule has 0 radical (unpaired) electrons. The van der Waals surface area contributed by atoms with Crippen molar-refractivity contribution in [2.75, 3.05) is 13.1 Å². The van der Waals surface area contributed by atoms with Crippen molar-refractivity contribution in [1.29, 1.82) is 0 Å². The Morgan fingerprint density at radius 1 is 1.24 bits per heavy atom. The topological polar surface area (TPSA) is 78.5 Å². The fourth-order valence-electron chi connectivity index (χ4n) is 3.00. The summed E-state index contributed by atoms with van der Waals surface area (Å²) in [4.78, 5) is 28.7. The van der Waals surface area contributed by atoms with Gasteiger partial charge >= 0.3 is 6.09 Å². The number of carbonyl (C=O) groups excluding carboxylic acids is 2. The molecule has 1 N–H and O–H groups in total. The number of nitrogens with zero attached hydrogens (tertiary/aromatic N) is 3. The van der Waals surface area contributed by atoms with Crippen LogP contribution in [0.25, 0.3) is 0 Å². The molecule has 2 heterocycles. The molecule has 2 rings (SSSR count). The average Bonchev–Trinajstić information content (AvgIpc) is 2.87. The SMILES string of the molecule is CCN(C(=O)c1n[nH]c2c1CN(C(=O)OC(C)(C)C)CC2)C(C)(C)C. The first kappa shape index (κ1) is 19.3. The number of aromatic nitrogens is 2. The number of H-pyrrole nitrogens is 1. The van der Waals surface area contributed by atoms with Gasteiger partial charge in [-0.15, -0.1) is 0 Å². The molecule has 1 aliphatic heterocycles. The van der Waals surface area contributed by atoms with Gasteiger partial charge in [0.2, 0.25) is 0 Å². The van der Waals surface area contributed by atoms with Crippen molar-refractivity contribution in [2.45, 2.75) is 72.6 Å². The normalized spacial score (nSPS) is 14.9. The summed E-state index contributed by atoms with van der Waals surface area (Å²) in [6.07, 6.45) is 0.275. The first-order valence-electron chi connectivity index (χ1n) is 8.80. The Morgan fingerprint density at radius 2 is 1.88 bits per heavy atom. The minimum Gasteiger partial charge on any atom is -0.444 e. The molecule has 7 heteroatoms. The summed E-state index contributed by atoms with van der Waals surface area (Å²) in [5.74, 6) is -0.112. The maximum absolute atomic E-state index is 13.0. The number of hydrogen-bond acceptors (Lipinski definition) is 4. The van der Waals surface area contributed by atoms with Crippen molar-refractivity contribution in [1.82, 2.24) is 20.0 Å². The molecule has 1 aromatic heterocycles. The molecule has 0 aromatic carbocycles. The highest BCUT2D eigenvalue weighted by Crippen LogP contribution is 2.25. The van der Waals surface area contributed by atoms with E-state index in [4.69, 9.17) is 4.74 Å². The van der Waals surface area contributed by atoms with E-state index in [0.717, 1.165) is 11.3 Å². The third kappa shape index (κ3) is 4.32. The van der Waals surface area contributed by atoms with E-state index >= 15 is 0 Å². The molecule has 2 amide bonds. The van der Waals surface area contributed by atoms with Crippen LogP contribution in [0.2, 0.25) is 0 Å². The highest BCUT2D eigenvalue weighted by atomic mass is 16.6. The monoisotopic (exact) mass is 350 g/mol. The Balaban J connectivity index is 2.24. The second-order valence-corrected chi connectivity index (χ2v) is 8.40. The summed E-state index contributed by atoms with van der Waals surface area (Å²) < 4.78 is 5.45. The summed E-state index contributed by atoms with van der Waals surface area (Å²) in [6.45, 7) is 15.0. The summed E-state index contributed by atoms with van der Waals surface area (Å²) in [5, 5.41) is 7.22. The molecule has 0 unspecified atom stereocenters. The van der Waals surface area contributed by atoms with Crippen molar-refractivity contribution >= 4 is 12.0 Å². The van der Waals surface area contributed by atoms with Crippen LogP contribution >= 0.6 is 0 Å². The molecule has 1 aromatic rings. The highest BCUT2D eigenvalue weighted by molar-refractivity contribution is 5.94. The first-order chi connectivity index (χ1) is 11.4. The quantitative estimate of drug-likeness (QED) is 0.889. The smallest absolute Gasteiger partial charge is 0.410 e. The number of aromatic amines is 1. The molecule has 0 saturated heterocycles. The van der Waals surface area contributed by atoms with Gasteiger partial charge in [0.1, 0.15) is 5.60 Å². The summed E-state index contributed by atoms with van der Waals surface area (Å²) in [5.41, 5.74) is 1.28. The van der Waals surface area contributed by atoms with Crippen LogP contribution < -0.4 is 0 Å². The lowest BCUT2D eigenvalue weighted by atomic mass is 10.0. The number of rotatable bonds is 2. The zero-order chi connectivity index (χ0) is 19.0. The molecule has 0 spiro atoms. The van der Waals surface area contributed by atoms with Gasteiger partial charge in [-0.2, -0.15) is 5.10 Å². The molecule has 0 bridgehead atoms. The van der Waals surface area contributed by atoms with Crippen molar-refractivity contribution in [2.24, 2.45) is 0 Å². The van der Waals surface area contributed by atoms with Crippen molar-refractivity contribution in [3.05, 3.63) is 17.0 Å². The van der Waals surface area contributed by atoms with Crippen LogP contribution in [0.4, 0.5) is 4.79 Å². The molecule has 0 atom stereocenters. The lowest BCUT2D eigenvalue weighted by Crippen LogP contribution is -2.46. The minimum absolute atomic E-state index is 0.112. The fraction of sp³-hybridized carbons (Fsp3) is 0.722. The van der Waals surface area contributed by atoms with Crippen LogP contribution in [0.3, 0.4) is 0 Å². The molecule has 0 fully saturated rings. The van der Waals surface area contributed by atoms with Crippen LogP contribution in [0, 0.1) is 0 Å². The number of hydrogen-bond donors (Lipinski definition) is 1. The standard InChI is InChI=1S/C18H30N4O3/c1-8-22(17(2,3)4)15(23)14-12-11-21(10-9-13(12)19-20-14)16(24)25-18(5,6)7/h8-11H2,1-7H3,(H,19,20). The van der Waals surface area contributed by atoms with Gasteiger partial charge in [0.15, 0.2) is 5.69 Å². The minimum atomic E-state index is -0.544. The summed E-state index contributed by atoms with van der Waals surface area (Å²) in [7, 11) is 0. The lowest BCUT2D eigenvalue weighted by Gasteiger charge is -2.35. The first-order valence-corrected chi connectivity index (χ1v) is 8.80. The zero-order valence-corrected chi connectivity index (χ0v) is 16.4. The predicted molar refractivity (Wildman–Crippen MR) is 95.4 cm³/mol. The maximum atomic E-state index is 13.0. The number of fused-ring (bicyclic) bond motifs is 1. The van der Waals surface area contributed by atoms with E-state index in [1.165, 1.54) is 0 Å². The Hall–Kier alpha value is -2.05. The van der Waals surface area contributed by atoms with Crippen molar-refractivity contribution in [3.63, 3.8) is 0 Å². The van der Waals surface area contributed by atoms with Crippen LogP contribution in [0.1, 0.15) is 70.2 Å². The van der Waals surface area contributed by atoms with Gasteiger partial charge in [-0.1, -0.05) is 0 Å². The lowest BCUT2D eigenvalue weighted by molar-refractivity contribution is 0.0221. The number of carbonyl (C=O) groups is 2. The van der Waals surface area contributed by atoms with Crippen LogP contribution in [-0.2, 0) is 17.7 Å². The van der Waals surface area contributed by atoms with E-state index in [9.17, 15) is 9.59 Å². The van der Waals surface area contributed by atoms with Crippen molar-refractivity contribution in [3.8, 4) is 0 Å². The van der Waals surface area contributed by atoms with Gasteiger partial charge in [-0.25, -0.2) is 4.79 Å². The molecule has 0 saturated carbocycles. The van der Waals surface area contributed by atoms with Crippen molar-refractivity contribution < 1.29 is 14.3 Å². The summed E-state index contributed by atoms with van der Waals surface area (Å²) in [6, 6.07) is 0. The molecule has 0 aliphatic carbocycles. The third-order valence-electron chi connectivity index (χ3n) is 4.16. The van der Waals surface area contributed by atoms with Gasteiger partial charge in [-0.3, -0.25) is 9.89 Å². The van der Waals surface area contributed by atoms with Gasteiger partial charge in [0.05, 0.1) is 6.54 Å². The van der Waals surface area contributed by atoms with E-state index in [1.807, 2.05) is 48.5 Å². The molecule has 25 heavy (non-hydrogen) atoms. The Kier molecular flexibility index (Phi) is 5.16. The van der Waals surface area contributed by atoms with E-state index in [1.54, 1.807) is 9.80 Å². The Morgan fingerprint density at radius 3 is 2.40 bits per heavy atom. The third-order valence-corrected chi connectivity index (χ3v) is 4.16. The van der Waals surface area contributed by atoms with Crippen LogP contribution in [0.15, 0.2) is 0 Å². The second-order valence-electron chi connectivity index (χ2n) is 8.40. The Labute approximate surface area is 149 Å². The fourth-order valence-corrected chi connectivity index (χ4v) is 3.00. The zero-order valence-electron chi connectivity index (χ0n) is 16.4. The highest BCUT2D eigenvalue weighted by Gasteiger charge is 2.34. The van der Waals surface area contributed by atoms with Gasteiger partial charge in [-0.05, 0) is 48.5 Å². The molecule has 7 nitrogen and oxygen atoms in total. The summed E-state index contributed by atoms with van der Waals surface area (Å²) >= 11 is 0. The van der Waals surface area contributed by atoms with Gasteiger partial charge in [0.25, 0.3) is 5.91 Å². The largest absolute Gasteiger partial charge is 0.444 e. The van der Waals surface area contributed by atoms with E-state index in [2.05, 4.69) is 10.2 Å². The van der Waals surface area contributed by atoms with Gasteiger partial charge in [0, 0.05) is 36.3 Å². The Bertz CT molecular complexity index is 652.